The van der Waals surface area contributed by atoms with Crippen LogP contribution in [0.1, 0.15) is 21.5 Å². The van der Waals surface area contributed by atoms with Gasteiger partial charge in [0, 0.05) is 5.69 Å². The van der Waals surface area contributed by atoms with Gasteiger partial charge in [-0.25, -0.2) is 0 Å². The number of aromatic nitrogens is 2. The molecular formula is C20H20N4O2. The van der Waals surface area contributed by atoms with Crippen molar-refractivity contribution in [2.75, 3.05) is 17.7 Å². The maximum atomic E-state index is 12.4. The summed E-state index contributed by atoms with van der Waals surface area (Å²) < 4.78 is 5.20. The molecule has 0 saturated heterocycles. The maximum Gasteiger partial charge on any atom is 0.260 e. The molecule has 0 fully saturated rings. The number of methoxy groups -OCH3 is 1. The van der Waals surface area contributed by atoms with Gasteiger partial charge in [0.15, 0.2) is 11.6 Å². The molecule has 0 atom stereocenters. The summed E-state index contributed by atoms with van der Waals surface area (Å²) in [6.07, 6.45) is 0. The number of amides is 1. The van der Waals surface area contributed by atoms with Crippen LogP contribution in [0, 0.1) is 13.8 Å². The van der Waals surface area contributed by atoms with Crippen molar-refractivity contribution in [3.8, 4) is 5.75 Å². The van der Waals surface area contributed by atoms with Crippen molar-refractivity contribution in [3.05, 3.63) is 71.3 Å². The lowest BCUT2D eigenvalue weighted by Crippen LogP contribution is -2.14. The number of aryl methyl sites for hydroxylation is 2. The van der Waals surface area contributed by atoms with E-state index >= 15 is 0 Å². The number of para-hydroxylation sites is 1. The third kappa shape index (κ3) is 3.97. The number of carbonyl (C=O) groups excluding carboxylic acids is 1. The molecule has 6 nitrogen and oxygen atoms in total. The smallest absolute Gasteiger partial charge is 0.260 e. The zero-order valence-electron chi connectivity index (χ0n) is 14.9. The summed E-state index contributed by atoms with van der Waals surface area (Å²) in [4.78, 5) is 12.4. The van der Waals surface area contributed by atoms with Crippen molar-refractivity contribution in [3.63, 3.8) is 0 Å². The summed E-state index contributed by atoms with van der Waals surface area (Å²) in [7, 11) is 1.53. The van der Waals surface area contributed by atoms with Gasteiger partial charge in [-0.05, 0) is 55.3 Å². The highest BCUT2D eigenvalue weighted by Crippen LogP contribution is 2.21. The van der Waals surface area contributed by atoms with E-state index in [2.05, 4.69) is 26.9 Å². The minimum absolute atomic E-state index is 0.299. The average molecular weight is 348 g/mol. The van der Waals surface area contributed by atoms with Crippen LogP contribution in [0.3, 0.4) is 0 Å². The van der Waals surface area contributed by atoms with Crippen molar-refractivity contribution >= 4 is 23.2 Å². The second-order valence-electron chi connectivity index (χ2n) is 5.90. The Kier molecular flexibility index (Phi) is 5.12. The standard InChI is InChI=1S/C20H20N4O2/c1-13-8-9-14(2)16(12-13)21-18-10-11-19(24-23-18)22-20(25)15-6-4-5-7-17(15)26-3/h4-12H,1-3H3,(H,21,23)(H,22,24,25). The number of ether oxygens (including phenoxy) is 1. The number of anilines is 3. The molecule has 2 N–H and O–H groups in total. The lowest BCUT2D eigenvalue weighted by atomic mass is 10.1. The predicted octanol–water partition coefficient (Wildman–Crippen LogP) is 4.10. The molecule has 1 amide bonds. The normalized spacial score (nSPS) is 10.3. The lowest BCUT2D eigenvalue weighted by Gasteiger charge is -2.10. The molecule has 3 rings (SSSR count). The van der Waals surface area contributed by atoms with Gasteiger partial charge in [0.2, 0.25) is 0 Å². The van der Waals surface area contributed by atoms with Gasteiger partial charge < -0.3 is 15.4 Å². The van der Waals surface area contributed by atoms with Gasteiger partial charge in [0.25, 0.3) is 5.91 Å². The highest BCUT2D eigenvalue weighted by atomic mass is 16.5. The summed E-state index contributed by atoms with van der Waals surface area (Å²) in [5.41, 5.74) is 3.69. The first-order valence-electron chi connectivity index (χ1n) is 8.19. The van der Waals surface area contributed by atoms with Gasteiger partial charge in [0.1, 0.15) is 5.75 Å². The van der Waals surface area contributed by atoms with E-state index < -0.39 is 0 Å². The molecule has 1 aromatic heterocycles. The number of hydrogen-bond acceptors (Lipinski definition) is 5. The second kappa shape index (κ2) is 7.65. The fourth-order valence-corrected chi connectivity index (χ4v) is 2.49. The van der Waals surface area contributed by atoms with Crippen molar-refractivity contribution < 1.29 is 9.53 Å². The molecule has 2 aromatic carbocycles. The minimum atomic E-state index is -0.299. The van der Waals surface area contributed by atoms with Crippen molar-refractivity contribution in [1.29, 1.82) is 0 Å². The Morgan fingerprint density at radius 3 is 2.42 bits per heavy atom. The summed E-state index contributed by atoms with van der Waals surface area (Å²) in [5.74, 6) is 1.18. The Morgan fingerprint density at radius 2 is 1.69 bits per heavy atom. The molecule has 0 aliphatic carbocycles. The topological polar surface area (TPSA) is 76.1 Å². The number of rotatable bonds is 5. The predicted molar refractivity (Wildman–Crippen MR) is 102 cm³/mol. The third-order valence-electron chi connectivity index (χ3n) is 3.91. The fourth-order valence-electron chi connectivity index (χ4n) is 2.49. The molecule has 3 aromatic rings. The Labute approximate surface area is 152 Å². The highest BCUT2D eigenvalue weighted by molar-refractivity contribution is 6.05. The first kappa shape index (κ1) is 17.4. The van der Waals surface area contributed by atoms with Crippen molar-refractivity contribution in [2.24, 2.45) is 0 Å². The summed E-state index contributed by atoms with van der Waals surface area (Å²) in [6, 6.07) is 16.6. The molecule has 1 heterocycles. The number of carbonyl (C=O) groups is 1. The molecule has 0 saturated carbocycles. The lowest BCUT2D eigenvalue weighted by molar-refractivity contribution is 0.102. The molecule has 0 radical (unpaired) electrons. The second-order valence-corrected chi connectivity index (χ2v) is 5.90. The van der Waals surface area contributed by atoms with E-state index in [1.54, 1.807) is 30.3 Å². The molecule has 0 unspecified atom stereocenters. The van der Waals surface area contributed by atoms with Gasteiger partial charge in [-0.15, -0.1) is 10.2 Å². The Bertz CT molecular complexity index is 923. The van der Waals surface area contributed by atoms with E-state index in [9.17, 15) is 4.79 Å². The van der Waals surface area contributed by atoms with Crippen molar-refractivity contribution in [1.82, 2.24) is 10.2 Å². The van der Waals surface area contributed by atoms with Crippen LogP contribution in [0.4, 0.5) is 17.3 Å². The van der Waals surface area contributed by atoms with Gasteiger partial charge in [0.05, 0.1) is 12.7 Å². The third-order valence-corrected chi connectivity index (χ3v) is 3.91. The van der Waals surface area contributed by atoms with E-state index in [0.29, 0.717) is 22.9 Å². The number of benzene rings is 2. The van der Waals surface area contributed by atoms with E-state index in [4.69, 9.17) is 4.74 Å². The van der Waals surface area contributed by atoms with Gasteiger partial charge in [-0.2, -0.15) is 0 Å². The molecule has 0 spiro atoms. The van der Waals surface area contributed by atoms with Gasteiger partial charge >= 0.3 is 0 Å². The molecule has 6 heteroatoms. The Morgan fingerprint density at radius 1 is 0.962 bits per heavy atom. The monoisotopic (exact) mass is 348 g/mol. The fraction of sp³-hybridized carbons (Fsp3) is 0.150. The Balaban J connectivity index is 1.71. The van der Waals surface area contributed by atoms with Crippen LogP contribution in [0.25, 0.3) is 0 Å². The number of hydrogen-bond donors (Lipinski definition) is 2. The first-order chi connectivity index (χ1) is 12.6. The highest BCUT2D eigenvalue weighted by Gasteiger charge is 2.12. The van der Waals surface area contributed by atoms with Crippen LogP contribution in [-0.4, -0.2) is 23.2 Å². The van der Waals surface area contributed by atoms with Crippen LogP contribution < -0.4 is 15.4 Å². The number of nitrogens with zero attached hydrogens (tertiary/aromatic N) is 2. The molecule has 132 valence electrons. The molecular weight excluding hydrogens is 328 g/mol. The van der Waals surface area contributed by atoms with E-state index in [0.717, 1.165) is 16.8 Å². The minimum Gasteiger partial charge on any atom is -0.496 e. The SMILES string of the molecule is COc1ccccc1C(=O)Nc1ccc(Nc2cc(C)ccc2C)nn1. The molecule has 0 aliphatic heterocycles. The van der Waals surface area contributed by atoms with Crippen LogP contribution in [0.2, 0.25) is 0 Å². The zero-order valence-corrected chi connectivity index (χ0v) is 14.9. The van der Waals surface area contributed by atoms with Gasteiger partial charge in [-0.1, -0.05) is 24.3 Å². The molecule has 26 heavy (non-hydrogen) atoms. The van der Waals surface area contributed by atoms with E-state index in [1.165, 1.54) is 7.11 Å². The average Bonchev–Trinajstić information content (AvgIpc) is 2.66. The molecule has 0 bridgehead atoms. The quantitative estimate of drug-likeness (QED) is 0.726. The summed E-state index contributed by atoms with van der Waals surface area (Å²) in [5, 5.41) is 14.2. The first-order valence-corrected chi connectivity index (χ1v) is 8.19. The Hall–Kier alpha value is -3.41. The van der Waals surface area contributed by atoms with E-state index in [-0.39, 0.29) is 5.91 Å². The van der Waals surface area contributed by atoms with Gasteiger partial charge in [-0.3, -0.25) is 4.79 Å². The number of nitrogens with one attached hydrogen (secondary N) is 2. The summed E-state index contributed by atoms with van der Waals surface area (Å²) in [6.45, 7) is 4.06. The van der Waals surface area contributed by atoms with Crippen molar-refractivity contribution in [2.45, 2.75) is 13.8 Å². The van der Waals surface area contributed by atoms with Crippen LogP contribution in [0.5, 0.6) is 5.75 Å². The summed E-state index contributed by atoms with van der Waals surface area (Å²) >= 11 is 0. The maximum absolute atomic E-state index is 12.4. The largest absolute Gasteiger partial charge is 0.496 e. The zero-order chi connectivity index (χ0) is 18.5. The van der Waals surface area contributed by atoms with Crippen LogP contribution >= 0.6 is 0 Å². The van der Waals surface area contributed by atoms with E-state index in [1.807, 2.05) is 32.0 Å². The van der Waals surface area contributed by atoms with Crippen LogP contribution in [0.15, 0.2) is 54.6 Å². The van der Waals surface area contributed by atoms with Crippen LogP contribution in [-0.2, 0) is 0 Å². The molecule has 0 aliphatic rings.